The highest BCUT2D eigenvalue weighted by atomic mass is 16.3. The summed E-state index contributed by atoms with van der Waals surface area (Å²) in [6.07, 6.45) is -0.679. The van der Waals surface area contributed by atoms with Crippen LogP contribution in [0.3, 0.4) is 0 Å². The molecule has 0 heterocycles. The molecule has 0 aromatic rings. The molecule has 24 heteroatoms. The quantitative estimate of drug-likeness (QED) is 0.0418. The van der Waals surface area contributed by atoms with Crippen LogP contribution in [0.2, 0.25) is 6.32 Å². The fraction of sp³-hybridized carbons (Fsp3) is 0.744. The molecule has 0 fully saturated rings. The van der Waals surface area contributed by atoms with Crippen LogP contribution in [0, 0.1) is 17.8 Å². The summed E-state index contributed by atoms with van der Waals surface area (Å²) in [7, 11) is 15.2. The van der Waals surface area contributed by atoms with Crippen molar-refractivity contribution in [1.82, 2.24) is 56.0 Å². The zero-order valence-electron chi connectivity index (χ0n) is 41.9. The molecular weight excluding hydrogens is 873 g/mol. The second kappa shape index (κ2) is 29.8. The van der Waals surface area contributed by atoms with Crippen molar-refractivity contribution in [1.29, 1.82) is 0 Å². The van der Waals surface area contributed by atoms with Gasteiger partial charge in [0.15, 0.2) is 0 Å². The third-order valence-electron chi connectivity index (χ3n) is 11.0. The highest BCUT2D eigenvalue weighted by Crippen LogP contribution is 2.13. The van der Waals surface area contributed by atoms with Gasteiger partial charge in [0.05, 0.1) is 59.6 Å². The number of aliphatic hydroxyl groups is 1. The average molecular weight is 950 g/mol. The third-order valence-corrected chi connectivity index (χ3v) is 11.0. The predicted molar refractivity (Wildman–Crippen MR) is 248 cm³/mol. The topological polar surface area (TPSA) is 288 Å². The number of hydrogen-bond acceptors (Lipinski definition) is 12. The molecular formula is C43H76BN11O12. The van der Waals surface area contributed by atoms with Crippen LogP contribution in [0.4, 0.5) is 0 Å². The van der Waals surface area contributed by atoms with Gasteiger partial charge in [0.1, 0.15) is 24.2 Å². The van der Waals surface area contributed by atoms with Gasteiger partial charge in [0, 0.05) is 49.3 Å². The Morgan fingerprint density at radius 3 is 1.60 bits per heavy atom. The fourth-order valence-electron chi connectivity index (χ4n) is 6.53. The number of amides is 11. The Labute approximate surface area is 396 Å². The summed E-state index contributed by atoms with van der Waals surface area (Å²) in [5.41, 5.74) is 0. The number of carbonyl (C=O) groups is 11. The zero-order valence-corrected chi connectivity index (χ0v) is 41.9. The van der Waals surface area contributed by atoms with Crippen molar-refractivity contribution in [2.45, 2.75) is 104 Å². The van der Waals surface area contributed by atoms with Crippen molar-refractivity contribution < 1.29 is 57.8 Å². The zero-order chi connectivity index (χ0) is 52.0. The molecule has 378 valence electrons. The van der Waals surface area contributed by atoms with E-state index in [1.807, 2.05) is 13.8 Å². The summed E-state index contributed by atoms with van der Waals surface area (Å²) >= 11 is 0. The summed E-state index contributed by atoms with van der Waals surface area (Å²) in [5, 5.41) is 22.5. The molecule has 6 atom stereocenters. The van der Waals surface area contributed by atoms with Crippen LogP contribution >= 0.6 is 0 Å². The Hall–Kier alpha value is -5.81. The van der Waals surface area contributed by atoms with Crippen molar-refractivity contribution in [3.05, 3.63) is 0 Å². The van der Waals surface area contributed by atoms with Gasteiger partial charge in [-0.25, -0.2) is 0 Å². The molecule has 6 unspecified atom stereocenters. The van der Waals surface area contributed by atoms with E-state index in [0.717, 1.165) is 24.5 Å². The lowest BCUT2D eigenvalue weighted by Gasteiger charge is -2.31. The summed E-state index contributed by atoms with van der Waals surface area (Å²) in [4.78, 5) is 148. The molecule has 0 aliphatic heterocycles. The van der Waals surface area contributed by atoms with E-state index >= 15 is 0 Å². The minimum atomic E-state index is -1.12. The molecule has 0 aromatic carbocycles. The second-order valence-electron chi connectivity index (χ2n) is 17.6. The van der Waals surface area contributed by atoms with Gasteiger partial charge >= 0.3 is 0 Å². The molecule has 0 saturated carbocycles. The number of nitrogens with zero attached hydrogens (tertiary/aromatic N) is 6. The summed E-state index contributed by atoms with van der Waals surface area (Å²) in [6.45, 7) is 9.17. The number of rotatable bonds is 28. The van der Waals surface area contributed by atoms with Crippen molar-refractivity contribution >= 4 is 72.8 Å². The maximum atomic E-state index is 13.3. The largest absolute Gasteiger partial charge is 0.392 e. The van der Waals surface area contributed by atoms with E-state index < -0.39 is 122 Å². The fourth-order valence-corrected chi connectivity index (χ4v) is 6.53. The second-order valence-corrected chi connectivity index (χ2v) is 17.6. The average Bonchev–Trinajstić information content (AvgIpc) is 3.26. The molecule has 0 saturated heterocycles. The standard InChI is InChI=1S/C43H76BN11O12/c1-15-29(49-32(57)17-31(56)27(6)18-44)43(67)53(12)23-36(61)50(9)21-34(59)46-20-35(60)54(13)30(16-25(2)3)40(64)47-19-33(58)48-28(7)42(66)52(11)22-37(62)51(10)24-38(63)55(14)39(26(4)5)41(65)45-8/h25-31,39,56H,15-24H2,1-14H3,(H,45,65)(H,46,59)(H,47,64)(H,48,58)(H,49,57). The van der Waals surface area contributed by atoms with Gasteiger partial charge in [-0.1, -0.05) is 47.9 Å². The smallest absolute Gasteiger partial charge is 0.245 e. The van der Waals surface area contributed by atoms with Crippen molar-refractivity contribution in [3.8, 4) is 0 Å². The number of hydrogen-bond donors (Lipinski definition) is 6. The molecule has 0 bridgehead atoms. The number of nitrogens with one attached hydrogen (secondary N) is 5. The lowest BCUT2D eigenvalue weighted by molar-refractivity contribution is -0.145. The third kappa shape index (κ3) is 21.1. The molecule has 67 heavy (non-hydrogen) atoms. The van der Waals surface area contributed by atoms with Crippen molar-refractivity contribution in [2.75, 3.05) is 88.6 Å². The number of likely N-dealkylation sites (N-methyl/N-ethyl adjacent to an activating group) is 7. The summed E-state index contributed by atoms with van der Waals surface area (Å²) in [5.74, 6) is -7.17. The Morgan fingerprint density at radius 2 is 1.10 bits per heavy atom. The van der Waals surface area contributed by atoms with Gasteiger partial charge in [-0.3, -0.25) is 52.7 Å². The molecule has 11 amide bonds. The van der Waals surface area contributed by atoms with Gasteiger partial charge in [0.2, 0.25) is 65.0 Å². The highest BCUT2D eigenvalue weighted by molar-refractivity contribution is 6.08. The molecule has 0 rings (SSSR count). The lowest BCUT2D eigenvalue weighted by atomic mass is 9.87. The van der Waals surface area contributed by atoms with Crippen LogP contribution < -0.4 is 26.6 Å². The van der Waals surface area contributed by atoms with E-state index in [0.29, 0.717) is 0 Å². The van der Waals surface area contributed by atoms with Gasteiger partial charge in [0.25, 0.3) is 0 Å². The lowest BCUT2D eigenvalue weighted by Crippen LogP contribution is -2.54. The van der Waals surface area contributed by atoms with E-state index in [4.69, 9.17) is 7.85 Å². The molecule has 0 aliphatic carbocycles. The van der Waals surface area contributed by atoms with Gasteiger partial charge < -0.3 is 61.1 Å². The SMILES string of the molecule is [B]CC(C)C(O)CC(=O)NC(CC)C(=O)N(C)CC(=O)N(C)CC(=O)NCC(=O)N(C)C(CC(C)C)C(=O)NCC(=O)NC(C)C(=O)N(C)CC(=O)N(C)CC(=O)N(C)C(C(=O)NC)C(C)C. The monoisotopic (exact) mass is 950 g/mol. The molecule has 2 radical (unpaired) electrons. The van der Waals surface area contributed by atoms with Crippen LogP contribution in [0.25, 0.3) is 0 Å². The predicted octanol–water partition coefficient (Wildman–Crippen LogP) is -3.47. The Kier molecular flexibility index (Phi) is 27.2. The summed E-state index contributed by atoms with van der Waals surface area (Å²) in [6, 6.07) is -3.91. The van der Waals surface area contributed by atoms with Gasteiger partial charge in [-0.05, 0) is 37.5 Å². The van der Waals surface area contributed by atoms with Crippen LogP contribution in [-0.4, -0.2) is 226 Å². The highest BCUT2D eigenvalue weighted by Gasteiger charge is 2.32. The maximum Gasteiger partial charge on any atom is 0.245 e. The normalized spacial score (nSPS) is 13.6. The first-order chi connectivity index (χ1) is 31.0. The van der Waals surface area contributed by atoms with E-state index in [2.05, 4.69) is 26.6 Å². The molecule has 23 nitrogen and oxygen atoms in total. The van der Waals surface area contributed by atoms with Crippen LogP contribution in [0.15, 0.2) is 0 Å². The molecule has 0 spiro atoms. The minimum Gasteiger partial charge on any atom is -0.392 e. The van der Waals surface area contributed by atoms with E-state index in [1.165, 1.54) is 61.2 Å². The first kappa shape index (κ1) is 61.2. The van der Waals surface area contributed by atoms with Gasteiger partial charge in [-0.15, -0.1) is 0 Å². The van der Waals surface area contributed by atoms with Crippen LogP contribution in [0.1, 0.15) is 67.7 Å². The van der Waals surface area contributed by atoms with E-state index in [9.17, 15) is 57.8 Å². The number of carbonyl (C=O) groups excluding carboxylic acids is 11. The van der Waals surface area contributed by atoms with E-state index in [-0.39, 0.29) is 55.8 Å². The number of aliphatic hydroxyl groups excluding tert-OH is 1. The molecule has 6 N–H and O–H groups in total. The Balaban J connectivity index is 5.21. The maximum absolute atomic E-state index is 13.3. The first-order valence-electron chi connectivity index (χ1n) is 22.3. The van der Waals surface area contributed by atoms with E-state index in [1.54, 1.807) is 27.7 Å². The summed E-state index contributed by atoms with van der Waals surface area (Å²) < 4.78 is 0. The van der Waals surface area contributed by atoms with Gasteiger partial charge in [-0.2, -0.15) is 0 Å². The van der Waals surface area contributed by atoms with Crippen LogP contribution in [0.5, 0.6) is 0 Å². The van der Waals surface area contributed by atoms with Crippen molar-refractivity contribution in [3.63, 3.8) is 0 Å². The first-order valence-corrected chi connectivity index (χ1v) is 22.3. The Morgan fingerprint density at radius 1 is 0.582 bits per heavy atom. The minimum absolute atomic E-state index is 0.0884. The molecule has 0 aromatic heterocycles. The molecule has 0 aliphatic rings. The Bertz CT molecular complexity index is 1750. The van der Waals surface area contributed by atoms with Crippen LogP contribution in [-0.2, 0) is 52.7 Å². The van der Waals surface area contributed by atoms with Crippen molar-refractivity contribution in [2.24, 2.45) is 17.8 Å².